The summed E-state index contributed by atoms with van der Waals surface area (Å²) in [5.74, 6) is 0.634. The molecule has 3 N–H and O–H groups in total. The third-order valence-corrected chi connectivity index (χ3v) is 4.36. The van der Waals surface area contributed by atoms with E-state index in [9.17, 15) is 14.4 Å². The van der Waals surface area contributed by atoms with Crippen LogP contribution in [0.3, 0.4) is 0 Å². The Labute approximate surface area is 162 Å². The number of rotatable bonds is 7. The molecule has 8 nitrogen and oxygen atoms in total. The van der Waals surface area contributed by atoms with Crippen LogP contribution in [0.4, 0.5) is 4.79 Å². The summed E-state index contributed by atoms with van der Waals surface area (Å²) in [6.07, 6.45) is 2.04. The van der Waals surface area contributed by atoms with E-state index in [1.54, 1.807) is 12.3 Å². The molecule has 28 heavy (non-hydrogen) atoms. The maximum absolute atomic E-state index is 11.9. The average Bonchev–Trinajstić information content (AvgIpc) is 2.99. The van der Waals surface area contributed by atoms with Crippen molar-refractivity contribution < 1.29 is 19.1 Å². The highest BCUT2D eigenvalue weighted by atomic mass is 16.5. The van der Waals surface area contributed by atoms with Gasteiger partial charge in [0.05, 0.1) is 0 Å². The largest absolute Gasteiger partial charge is 0.439 e. The van der Waals surface area contributed by atoms with Gasteiger partial charge < -0.3 is 15.4 Å². The summed E-state index contributed by atoms with van der Waals surface area (Å²) in [4.78, 5) is 38.7. The number of urea groups is 1. The Balaban J connectivity index is 1.46. The number of amides is 4. The fraction of sp³-hybridized carbons (Fsp3) is 0.300. The molecule has 1 saturated heterocycles. The summed E-state index contributed by atoms with van der Waals surface area (Å²) in [5.41, 5.74) is 2.96. The van der Waals surface area contributed by atoms with E-state index in [1.165, 1.54) is 0 Å². The van der Waals surface area contributed by atoms with Crippen molar-refractivity contribution in [3.63, 3.8) is 0 Å². The lowest BCUT2D eigenvalue weighted by Crippen LogP contribution is -2.31. The van der Waals surface area contributed by atoms with Gasteiger partial charge in [-0.05, 0) is 43.0 Å². The van der Waals surface area contributed by atoms with Crippen LogP contribution >= 0.6 is 0 Å². The van der Waals surface area contributed by atoms with E-state index in [0.29, 0.717) is 12.4 Å². The molecular formula is C20H22N4O4. The van der Waals surface area contributed by atoms with Crippen molar-refractivity contribution in [2.75, 3.05) is 0 Å². The van der Waals surface area contributed by atoms with Gasteiger partial charge in [0, 0.05) is 25.2 Å². The van der Waals surface area contributed by atoms with Crippen LogP contribution < -0.4 is 20.7 Å². The number of pyridine rings is 1. The molecule has 0 bridgehead atoms. The molecule has 0 radical (unpaired) electrons. The molecule has 1 fully saturated rings. The highest BCUT2D eigenvalue weighted by Crippen LogP contribution is 2.24. The fourth-order valence-corrected chi connectivity index (χ4v) is 2.73. The minimum absolute atomic E-state index is 0.139. The van der Waals surface area contributed by atoms with Crippen LogP contribution in [0, 0.1) is 13.8 Å². The molecule has 0 spiro atoms. The van der Waals surface area contributed by atoms with E-state index < -0.39 is 18.0 Å². The summed E-state index contributed by atoms with van der Waals surface area (Å²) in [5, 5.41) is 7.37. The van der Waals surface area contributed by atoms with Crippen LogP contribution in [0.25, 0.3) is 0 Å². The summed E-state index contributed by atoms with van der Waals surface area (Å²) in [7, 11) is 0. The first-order valence-corrected chi connectivity index (χ1v) is 8.99. The highest BCUT2D eigenvalue weighted by molar-refractivity contribution is 6.04. The van der Waals surface area contributed by atoms with Gasteiger partial charge in [-0.3, -0.25) is 14.9 Å². The highest BCUT2D eigenvalue weighted by Gasteiger charge is 2.29. The third-order valence-electron chi connectivity index (χ3n) is 4.36. The first kappa shape index (κ1) is 19.3. The van der Waals surface area contributed by atoms with Crippen molar-refractivity contribution >= 4 is 17.8 Å². The SMILES string of the molecule is Cc1ccc(C)c(Oc2ccc(CNC(=O)CC[C@@H]3NC(=O)NC3=O)cn2)c1. The standard InChI is InChI=1S/C20H22N4O4/c1-12-3-4-13(2)16(9-12)28-18-8-5-14(11-22-18)10-21-17(25)7-6-15-19(26)24-20(27)23-15/h3-5,8-9,11,15H,6-7,10H2,1-2H3,(H,21,25)(H2,23,24,26,27)/t15-/m0/s1. The van der Waals surface area contributed by atoms with Gasteiger partial charge >= 0.3 is 6.03 Å². The summed E-state index contributed by atoms with van der Waals surface area (Å²) >= 11 is 0. The fourth-order valence-electron chi connectivity index (χ4n) is 2.73. The van der Waals surface area contributed by atoms with E-state index in [-0.39, 0.29) is 18.7 Å². The number of benzene rings is 1. The first-order valence-electron chi connectivity index (χ1n) is 8.99. The Morgan fingerprint density at radius 1 is 1.21 bits per heavy atom. The van der Waals surface area contributed by atoms with Crippen LogP contribution in [-0.4, -0.2) is 28.9 Å². The van der Waals surface area contributed by atoms with Gasteiger partial charge in [0.15, 0.2) is 0 Å². The van der Waals surface area contributed by atoms with Gasteiger partial charge in [0.25, 0.3) is 5.91 Å². The zero-order valence-electron chi connectivity index (χ0n) is 15.7. The van der Waals surface area contributed by atoms with Crippen LogP contribution in [-0.2, 0) is 16.1 Å². The summed E-state index contributed by atoms with van der Waals surface area (Å²) in [6, 6.07) is 8.38. The molecule has 2 heterocycles. The molecule has 4 amide bonds. The van der Waals surface area contributed by atoms with E-state index in [0.717, 1.165) is 22.4 Å². The minimum Gasteiger partial charge on any atom is -0.439 e. The molecule has 1 aromatic heterocycles. The third kappa shape index (κ3) is 5.06. The van der Waals surface area contributed by atoms with Crippen molar-refractivity contribution in [3.05, 3.63) is 53.2 Å². The Bertz CT molecular complexity index is 896. The monoisotopic (exact) mass is 382 g/mol. The molecule has 1 aliphatic rings. The quantitative estimate of drug-likeness (QED) is 0.635. The number of nitrogens with zero attached hydrogens (tertiary/aromatic N) is 1. The Kier molecular flexibility index (Phi) is 5.88. The van der Waals surface area contributed by atoms with Crippen LogP contribution in [0.1, 0.15) is 29.5 Å². The van der Waals surface area contributed by atoms with Crippen LogP contribution in [0.5, 0.6) is 11.6 Å². The Morgan fingerprint density at radius 3 is 2.71 bits per heavy atom. The zero-order chi connectivity index (χ0) is 20.1. The van der Waals surface area contributed by atoms with E-state index >= 15 is 0 Å². The second-order valence-electron chi connectivity index (χ2n) is 6.71. The maximum atomic E-state index is 11.9. The van der Waals surface area contributed by atoms with Crippen LogP contribution in [0.15, 0.2) is 36.5 Å². The molecule has 0 aliphatic carbocycles. The van der Waals surface area contributed by atoms with Gasteiger partial charge in [0.2, 0.25) is 11.8 Å². The molecule has 8 heteroatoms. The normalized spacial score (nSPS) is 15.7. The maximum Gasteiger partial charge on any atom is 0.322 e. The molecule has 3 rings (SSSR count). The minimum atomic E-state index is -0.651. The molecular weight excluding hydrogens is 360 g/mol. The Hall–Kier alpha value is -3.42. The molecule has 1 atom stereocenters. The molecule has 0 saturated carbocycles. The van der Waals surface area contributed by atoms with E-state index in [4.69, 9.17) is 4.74 Å². The molecule has 2 aromatic rings. The summed E-state index contributed by atoms with van der Waals surface area (Å²) in [6.45, 7) is 4.29. The lowest BCUT2D eigenvalue weighted by Gasteiger charge is -2.10. The predicted octanol–water partition coefficient (Wildman–Crippen LogP) is 2.10. The van der Waals surface area contributed by atoms with Gasteiger partial charge in [-0.2, -0.15) is 0 Å². The van der Waals surface area contributed by atoms with Gasteiger partial charge in [-0.1, -0.05) is 18.2 Å². The van der Waals surface area contributed by atoms with Crippen molar-refractivity contribution in [1.29, 1.82) is 0 Å². The number of aromatic nitrogens is 1. The van der Waals surface area contributed by atoms with E-state index in [1.807, 2.05) is 38.1 Å². The molecule has 0 unspecified atom stereocenters. The first-order chi connectivity index (χ1) is 13.4. The summed E-state index contributed by atoms with van der Waals surface area (Å²) < 4.78 is 5.81. The van der Waals surface area contributed by atoms with Gasteiger partial charge in [-0.15, -0.1) is 0 Å². The zero-order valence-corrected chi connectivity index (χ0v) is 15.7. The number of imide groups is 1. The molecule has 1 aliphatic heterocycles. The molecule has 1 aromatic carbocycles. The number of ether oxygens (including phenoxy) is 1. The molecule has 146 valence electrons. The lowest BCUT2D eigenvalue weighted by atomic mass is 10.1. The van der Waals surface area contributed by atoms with Crippen molar-refractivity contribution in [1.82, 2.24) is 20.9 Å². The van der Waals surface area contributed by atoms with E-state index in [2.05, 4.69) is 20.9 Å². The number of carbonyl (C=O) groups excluding carboxylic acids is 3. The predicted molar refractivity (Wildman–Crippen MR) is 102 cm³/mol. The average molecular weight is 382 g/mol. The number of hydrogen-bond donors (Lipinski definition) is 3. The lowest BCUT2D eigenvalue weighted by molar-refractivity contribution is -0.122. The number of carbonyl (C=O) groups is 3. The number of aryl methyl sites for hydroxylation is 2. The van der Waals surface area contributed by atoms with Crippen molar-refractivity contribution in [3.8, 4) is 11.6 Å². The topological polar surface area (TPSA) is 109 Å². The van der Waals surface area contributed by atoms with Gasteiger partial charge in [0.1, 0.15) is 11.8 Å². The van der Waals surface area contributed by atoms with Crippen molar-refractivity contribution in [2.24, 2.45) is 0 Å². The second-order valence-corrected chi connectivity index (χ2v) is 6.71. The Morgan fingerprint density at radius 2 is 2.04 bits per heavy atom. The van der Waals surface area contributed by atoms with Crippen LogP contribution in [0.2, 0.25) is 0 Å². The van der Waals surface area contributed by atoms with Gasteiger partial charge in [-0.25, -0.2) is 9.78 Å². The second kappa shape index (κ2) is 8.51. The van der Waals surface area contributed by atoms with Crippen molar-refractivity contribution in [2.45, 2.75) is 39.3 Å². The number of hydrogen-bond acceptors (Lipinski definition) is 5. The smallest absolute Gasteiger partial charge is 0.322 e. The number of nitrogens with one attached hydrogen (secondary N) is 3.